The number of nitrogens with zero attached hydrogens (tertiary/aromatic N) is 3. The van der Waals surface area contributed by atoms with Gasteiger partial charge in [-0.2, -0.15) is 0 Å². The van der Waals surface area contributed by atoms with Gasteiger partial charge in [0.05, 0.1) is 33.0 Å². The molecule has 2 aromatic heterocycles. The van der Waals surface area contributed by atoms with E-state index in [4.69, 9.17) is 48.8 Å². The van der Waals surface area contributed by atoms with Gasteiger partial charge in [0.1, 0.15) is 29.3 Å². The van der Waals surface area contributed by atoms with E-state index in [1.54, 1.807) is 24.3 Å². The fraction of sp³-hybridized carbons (Fsp3) is 0.258. The first kappa shape index (κ1) is 28.4. The van der Waals surface area contributed by atoms with Crippen molar-refractivity contribution in [2.45, 2.75) is 31.3 Å². The first-order valence-electron chi connectivity index (χ1n) is 13.6. The number of fused-ring (bicyclic) bond motifs is 1. The minimum Gasteiger partial charge on any atom is -0.489 e. The van der Waals surface area contributed by atoms with Crippen LogP contribution in [0.3, 0.4) is 0 Å². The van der Waals surface area contributed by atoms with Gasteiger partial charge in [-0.1, -0.05) is 63.4 Å². The molecule has 0 atom stereocenters. The van der Waals surface area contributed by atoms with Gasteiger partial charge in [-0.25, -0.2) is 14.2 Å². The molecule has 220 valence electrons. The molecule has 0 N–H and O–H groups in total. The summed E-state index contributed by atoms with van der Waals surface area (Å²) in [5, 5.41) is 6.60. The summed E-state index contributed by atoms with van der Waals surface area (Å²) >= 11 is 21.0. The molecule has 0 radical (unpaired) electrons. The molecule has 3 aromatic carbocycles. The molecule has 0 spiro atoms. The van der Waals surface area contributed by atoms with Gasteiger partial charge in [0.15, 0.2) is 10.9 Å². The smallest absolute Gasteiger partial charge is 0.338 e. The molecular formula is C31H23Cl3FN3O4S. The zero-order chi connectivity index (χ0) is 29.8. The lowest BCUT2D eigenvalue weighted by Crippen LogP contribution is -2.45. The Morgan fingerprint density at radius 1 is 1.07 bits per heavy atom. The second-order valence-electron chi connectivity index (χ2n) is 10.6. The largest absolute Gasteiger partial charge is 0.489 e. The number of anilines is 1. The maximum Gasteiger partial charge on any atom is 0.338 e. The van der Waals surface area contributed by atoms with E-state index in [1.165, 1.54) is 18.4 Å². The van der Waals surface area contributed by atoms with E-state index in [1.807, 2.05) is 18.2 Å². The van der Waals surface area contributed by atoms with Gasteiger partial charge >= 0.3 is 5.97 Å². The third-order valence-corrected chi connectivity index (χ3v) is 9.79. The molecule has 0 amide bonds. The van der Waals surface area contributed by atoms with Crippen LogP contribution in [-0.2, 0) is 11.3 Å². The molecule has 2 fully saturated rings. The molecule has 0 bridgehead atoms. The molecule has 7 rings (SSSR count). The number of esters is 1. The van der Waals surface area contributed by atoms with Crippen LogP contribution in [0.2, 0.25) is 15.1 Å². The van der Waals surface area contributed by atoms with Crippen LogP contribution in [0, 0.1) is 5.82 Å². The first-order valence-corrected chi connectivity index (χ1v) is 15.5. The van der Waals surface area contributed by atoms with Crippen LogP contribution in [0.25, 0.3) is 21.5 Å². The lowest BCUT2D eigenvalue weighted by Gasteiger charge is -2.39. The van der Waals surface area contributed by atoms with Gasteiger partial charge in [-0.05, 0) is 54.8 Å². The molecule has 3 heterocycles. The summed E-state index contributed by atoms with van der Waals surface area (Å²) in [4.78, 5) is 18.4. The van der Waals surface area contributed by atoms with Crippen molar-refractivity contribution in [3.8, 4) is 17.0 Å². The minimum absolute atomic E-state index is 0.162. The molecule has 0 unspecified atom stereocenters. The van der Waals surface area contributed by atoms with Crippen LogP contribution in [0.5, 0.6) is 5.75 Å². The molecule has 1 saturated heterocycles. The average Bonchev–Trinajstić information content (AvgIpc) is 3.58. The van der Waals surface area contributed by atoms with E-state index < -0.39 is 11.8 Å². The topological polar surface area (TPSA) is 77.7 Å². The molecule has 1 aliphatic heterocycles. The monoisotopic (exact) mass is 657 g/mol. The van der Waals surface area contributed by atoms with Crippen molar-refractivity contribution in [1.82, 2.24) is 10.1 Å². The van der Waals surface area contributed by atoms with Gasteiger partial charge < -0.3 is 18.9 Å². The van der Waals surface area contributed by atoms with E-state index in [0.717, 1.165) is 35.8 Å². The summed E-state index contributed by atoms with van der Waals surface area (Å²) in [6.45, 7) is 1.59. The molecule has 1 aliphatic carbocycles. The number of hydrogen-bond acceptors (Lipinski definition) is 8. The van der Waals surface area contributed by atoms with Gasteiger partial charge in [0.2, 0.25) is 0 Å². The second-order valence-corrected chi connectivity index (χ2v) is 12.8. The number of thiazole rings is 1. The van der Waals surface area contributed by atoms with E-state index in [2.05, 4.69) is 15.0 Å². The number of carbonyl (C=O) groups excluding carboxylic acids is 1. The number of methoxy groups -OCH3 is 1. The molecule has 2 aliphatic rings. The number of halogens is 4. The highest BCUT2D eigenvalue weighted by molar-refractivity contribution is 7.22. The third kappa shape index (κ3) is 5.33. The molecule has 1 saturated carbocycles. The molecule has 5 aromatic rings. The predicted octanol–water partition coefficient (Wildman–Crippen LogP) is 8.90. The molecular weight excluding hydrogens is 636 g/mol. The van der Waals surface area contributed by atoms with E-state index in [-0.39, 0.29) is 23.6 Å². The summed E-state index contributed by atoms with van der Waals surface area (Å²) in [6.07, 6.45) is 2.08. The Balaban J connectivity index is 1.05. The van der Waals surface area contributed by atoms with Crippen molar-refractivity contribution >= 4 is 67.5 Å². The maximum absolute atomic E-state index is 14.6. The Morgan fingerprint density at radius 3 is 2.53 bits per heavy atom. The van der Waals surface area contributed by atoms with E-state index in [9.17, 15) is 9.18 Å². The van der Waals surface area contributed by atoms with Crippen LogP contribution in [0.4, 0.5) is 9.52 Å². The Kier molecular flexibility index (Phi) is 7.45. The van der Waals surface area contributed by atoms with Crippen LogP contribution < -0.4 is 9.64 Å². The number of hydrogen-bond donors (Lipinski definition) is 0. The summed E-state index contributed by atoms with van der Waals surface area (Å²) in [7, 11) is 1.27. The molecule has 12 heteroatoms. The van der Waals surface area contributed by atoms with E-state index in [0.29, 0.717) is 60.9 Å². The minimum atomic E-state index is -0.586. The van der Waals surface area contributed by atoms with Crippen LogP contribution in [-0.4, -0.2) is 36.3 Å². The zero-order valence-corrected chi connectivity index (χ0v) is 25.8. The van der Waals surface area contributed by atoms with Crippen molar-refractivity contribution < 1.29 is 23.2 Å². The molecule has 43 heavy (non-hydrogen) atoms. The zero-order valence-electron chi connectivity index (χ0n) is 22.7. The number of carbonyl (C=O) groups is 1. The van der Waals surface area contributed by atoms with Gasteiger partial charge in [0, 0.05) is 35.5 Å². The predicted molar refractivity (Wildman–Crippen MR) is 166 cm³/mol. The summed E-state index contributed by atoms with van der Waals surface area (Å²) < 4.78 is 31.8. The molecule has 7 nitrogen and oxygen atoms in total. The van der Waals surface area contributed by atoms with Gasteiger partial charge in [-0.3, -0.25) is 0 Å². The third-order valence-electron chi connectivity index (χ3n) is 7.77. The lowest BCUT2D eigenvalue weighted by molar-refractivity contribution is 0.0600. The SMILES string of the molecule is COC(=O)c1cc(F)c2nc(N3CC(c4ccc(OCc5c(-c6c(Cl)cccc6Cl)noc5C5CC5)cc4Cl)C3)sc2c1. The van der Waals surface area contributed by atoms with Crippen molar-refractivity contribution in [2.75, 3.05) is 25.1 Å². The summed E-state index contributed by atoms with van der Waals surface area (Å²) in [6, 6.07) is 13.8. The van der Waals surface area contributed by atoms with Gasteiger partial charge in [0.25, 0.3) is 0 Å². The highest BCUT2D eigenvalue weighted by atomic mass is 35.5. The number of benzene rings is 3. The number of ether oxygens (including phenoxy) is 2. The Labute approximate surface area is 265 Å². The van der Waals surface area contributed by atoms with Crippen LogP contribution >= 0.6 is 46.1 Å². The number of rotatable bonds is 8. The Bertz CT molecular complexity index is 1860. The summed E-state index contributed by atoms with van der Waals surface area (Å²) in [5.74, 6) is 0.783. The highest BCUT2D eigenvalue weighted by Crippen LogP contribution is 2.46. The first-order chi connectivity index (χ1) is 20.8. The second kappa shape index (κ2) is 11.3. The quantitative estimate of drug-likeness (QED) is 0.154. The normalized spacial score (nSPS) is 15.1. The van der Waals surface area contributed by atoms with Crippen molar-refractivity contribution in [3.63, 3.8) is 0 Å². The van der Waals surface area contributed by atoms with Crippen molar-refractivity contribution in [3.05, 3.63) is 91.9 Å². The van der Waals surface area contributed by atoms with Crippen LogP contribution in [0.15, 0.2) is 53.1 Å². The maximum atomic E-state index is 14.6. The summed E-state index contributed by atoms with van der Waals surface area (Å²) in [5.41, 5.74) is 3.45. The standard InChI is InChI=1S/C31H23Cl3FN3O4S/c1-40-30(39)16-9-24(35)28-25(10-16)43-31(36-28)38-12-17(13-38)19-8-7-18(11-23(19)34)41-14-20-27(37-42-29(20)15-5-6-15)26-21(32)3-2-4-22(26)33/h2-4,7-11,15,17H,5-6,12-14H2,1H3. The highest BCUT2D eigenvalue weighted by Gasteiger charge is 2.34. The van der Waals surface area contributed by atoms with Crippen LogP contribution in [0.1, 0.15) is 51.9 Å². The average molecular weight is 659 g/mol. The fourth-order valence-corrected chi connectivity index (χ4v) is 7.25. The lowest BCUT2D eigenvalue weighted by atomic mass is 9.92. The Hall–Kier alpha value is -3.37. The fourth-order valence-electron chi connectivity index (χ4n) is 5.31. The number of aromatic nitrogens is 2. The van der Waals surface area contributed by atoms with E-state index >= 15 is 0 Å². The van der Waals surface area contributed by atoms with Gasteiger partial charge in [-0.15, -0.1) is 0 Å². The Morgan fingerprint density at radius 2 is 1.84 bits per heavy atom. The van der Waals surface area contributed by atoms with Crippen molar-refractivity contribution in [1.29, 1.82) is 0 Å². The van der Waals surface area contributed by atoms with Crippen molar-refractivity contribution in [2.24, 2.45) is 0 Å².